The first-order chi connectivity index (χ1) is 19.5. The third-order valence-corrected chi connectivity index (χ3v) is 8.76. The van der Waals surface area contributed by atoms with E-state index in [1.54, 1.807) is 6.92 Å². The molecule has 0 radical (unpaired) electrons. The van der Waals surface area contributed by atoms with E-state index in [4.69, 9.17) is 4.74 Å². The molecule has 42 heavy (non-hydrogen) atoms. The summed E-state index contributed by atoms with van der Waals surface area (Å²) in [6.07, 6.45) is -6.01. The van der Waals surface area contributed by atoms with Gasteiger partial charge in [-0.25, -0.2) is 12.8 Å². The van der Waals surface area contributed by atoms with E-state index in [1.165, 1.54) is 0 Å². The van der Waals surface area contributed by atoms with Crippen molar-refractivity contribution in [3.8, 4) is 5.75 Å². The molecule has 234 valence electrons. The number of carbonyl (C=O) groups is 1. The summed E-state index contributed by atoms with van der Waals surface area (Å²) in [6, 6.07) is 9.13. The van der Waals surface area contributed by atoms with E-state index in [1.807, 2.05) is 24.3 Å². The lowest BCUT2D eigenvalue weighted by molar-refractivity contribution is -0.153. The number of hydrogen-bond acceptors (Lipinski definition) is 7. The minimum absolute atomic E-state index is 0.0858. The van der Waals surface area contributed by atoms with Gasteiger partial charge in [0, 0.05) is 18.5 Å². The summed E-state index contributed by atoms with van der Waals surface area (Å²) in [5.41, 5.74) is 1.49. The molecule has 0 bridgehead atoms. The summed E-state index contributed by atoms with van der Waals surface area (Å²) in [5.74, 6) is -3.82. The highest BCUT2D eigenvalue weighted by atomic mass is 32.2. The van der Waals surface area contributed by atoms with Crippen LogP contribution >= 0.6 is 0 Å². The maximum atomic E-state index is 15.1. The van der Waals surface area contributed by atoms with Crippen LogP contribution < -0.4 is 20.7 Å². The van der Waals surface area contributed by atoms with E-state index in [2.05, 4.69) is 36.7 Å². The van der Waals surface area contributed by atoms with Crippen LogP contribution in [0.25, 0.3) is 0 Å². The second kappa shape index (κ2) is 13.7. The summed E-state index contributed by atoms with van der Waals surface area (Å²) in [4.78, 5) is 12.1. The number of rotatable bonds is 11. The lowest BCUT2D eigenvalue weighted by Crippen LogP contribution is -2.54. The molecular formula is C29H39F4N3O5S. The van der Waals surface area contributed by atoms with Gasteiger partial charge in [0.15, 0.2) is 22.3 Å². The van der Waals surface area contributed by atoms with Gasteiger partial charge in [-0.1, -0.05) is 52.0 Å². The number of likely N-dealkylation sites (N-methyl/N-ethyl adjacent to an activating group) is 1. The molecule has 3 rings (SSSR count). The number of aliphatic hydroxyl groups is 1. The van der Waals surface area contributed by atoms with Crippen molar-refractivity contribution in [2.45, 2.75) is 64.4 Å². The van der Waals surface area contributed by atoms with E-state index in [0.717, 1.165) is 23.3 Å². The Kier molecular flexibility index (Phi) is 11.0. The van der Waals surface area contributed by atoms with Gasteiger partial charge in [0.1, 0.15) is 11.4 Å². The maximum Gasteiger partial charge on any atom is 0.422 e. The first-order valence-electron chi connectivity index (χ1n) is 13.7. The number of ether oxygens (including phenoxy) is 1. The number of amides is 1. The quantitative estimate of drug-likeness (QED) is 0.284. The molecule has 1 fully saturated rings. The standard InChI is InChI=1S/C29H39F4N3O5S/c1-5-34-14-25(37)36-26-22(30)11-19(12-24(26)41-17-29(31,32)33)9-20-15-42(39,40)16-23(27(20)38)35-13-18-7-6-8-21(10-18)28(2,3)4/h6-8,10-12,20,23,27,34-35,38H,5,9,13-17H2,1-4H3,(H,36,37)/t20-,23+,27+/m1/s1. The van der Waals surface area contributed by atoms with Crippen molar-refractivity contribution in [2.75, 3.05) is 36.5 Å². The second-order valence-electron chi connectivity index (χ2n) is 11.7. The van der Waals surface area contributed by atoms with Crippen LogP contribution in [0.1, 0.15) is 44.4 Å². The number of carbonyl (C=O) groups excluding carboxylic acids is 1. The molecule has 0 saturated carbocycles. The topological polar surface area (TPSA) is 117 Å². The van der Waals surface area contributed by atoms with Gasteiger partial charge in [-0.15, -0.1) is 0 Å². The third kappa shape index (κ3) is 9.92. The van der Waals surface area contributed by atoms with Crippen molar-refractivity contribution in [3.05, 3.63) is 58.9 Å². The van der Waals surface area contributed by atoms with Gasteiger partial charge < -0.3 is 25.8 Å². The lowest BCUT2D eigenvalue weighted by Gasteiger charge is -2.35. The van der Waals surface area contributed by atoms with Gasteiger partial charge >= 0.3 is 6.18 Å². The van der Waals surface area contributed by atoms with Crippen molar-refractivity contribution in [1.29, 1.82) is 0 Å². The summed E-state index contributed by atoms with van der Waals surface area (Å²) >= 11 is 0. The highest BCUT2D eigenvalue weighted by molar-refractivity contribution is 7.91. The number of nitrogens with one attached hydrogen (secondary N) is 3. The van der Waals surface area contributed by atoms with E-state index in [0.29, 0.717) is 13.1 Å². The summed E-state index contributed by atoms with van der Waals surface area (Å²) in [7, 11) is -3.61. The van der Waals surface area contributed by atoms with Crippen LogP contribution in [0, 0.1) is 11.7 Å². The smallest absolute Gasteiger partial charge is 0.422 e. The van der Waals surface area contributed by atoms with Crippen molar-refractivity contribution in [1.82, 2.24) is 10.6 Å². The minimum Gasteiger partial charge on any atom is -0.482 e. The van der Waals surface area contributed by atoms with Crippen LogP contribution in [0.3, 0.4) is 0 Å². The van der Waals surface area contributed by atoms with Crippen molar-refractivity contribution in [3.63, 3.8) is 0 Å². The molecule has 1 heterocycles. The van der Waals surface area contributed by atoms with Crippen molar-refractivity contribution in [2.24, 2.45) is 5.92 Å². The molecule has 0 aliphatic carbocycles. The van der Waals surface area contributed by atoms with Crippen molar-refractivity contribution >= 4 is 21.4 Å². The number of hydrogen-bond donors (Lipinski definition) is 4. The second-order valence-corrected chi connectivity index (χ2v) is 13.8. The van der Waals surface area contributed by atoms with Crippen LogP contribution in [0.4, 0.5) is 23.2 Å². The Hall–Kier alpha value is -2.74. The molecule has 3 atom stereocenters. The molecule has 2 aromatic rings. The Morgan fingerprint density at radius 3 is 2.45 bits per heavy atom. The number of sulfone groups is 1. The number of halogens is 4. The summed E-state index contributed by atoms with van der Waals surface area (Å²) < 4.78 is 84.3. The predicted molar refractivity (Wildman–Crippen MR) is 153 cm³/mol. The molecule has 1 aliphatic heterocycles. The maximum absolute atomic E-state index is 15.1. The first-order valence-corrected chi connectivity index (χ1v) is 15.5. The Bertz CT molecular complexity index is 1350. The van der Waals surface area contributed by atoms with Gasteiger partial charge in [0.25, 0.3) is 0 Å². The molecule has 0 unspecified atom stereocenters. The predicted octanol–water partition coefficient (Wildman–Crippen LogP) is 3.72. The molecule has 1 aliphatic rings. The van der Waals surface area contributed by atoms with E-state index >= 15 is 4.39 Å². The Balaban J connectivity index is 1.81. The first kappa shape index (κ1) is 33.8. The number of anilines is 1. The van der Waals surface area contributed by atoms with Crippen molar-refractivity contribution < 1.29 is 40.6 Å². The average molecular weight is 618 g/mol. The highest BCUT2D eigenvalue weighted by Gasteiger charge is 2.39. The largest absolute Gasteiger partial charge is 0.482 e. The molecule has 2 aromatic carbocycles. The fraction of sp³-hybridized carbons (Fsp3) is 0.552. The minimum atomic E-state index is -4.73. The average Bonchev–Trinajstić information content (AvgIpc) is 2.88. The van der Waals surface area contributed by atoms with E-state index < -0.39 is 63.8 Å². The monoisotopic (exact) mass is 617 g/mol. The summed E-state index contributed by atoms with van der Waals surface area (Å²) in [5, 5.41) is 19.2. The van der Waals surface area contributed by atoms with Crippen LogP contribution in [0.5, 0.6) is 5.75 Å². The third-order valence-electron chi connectivity index (χ3n) is 6.96. The molecule has 8 nitrogen and oxygen atoms in total. The number of alkyl halides is 3. The normalized spacial score (nSPS) is 20.7. The number of benzene rings is 2. The zero-order valence-corrected chi connectivity index (χ0v) is 25.0. The molecule has 0 aromatic heterocycles. The van der Waals surface area contributed by atoms with Gasteiger partial charge in [0.05, 0.1) is 24.2 Å². The van der Waals surface area contributed by atoms with Gasteiger partial charge in [0.2, 0.25) is 5.91 Å². The van der Waals surface area contributed by atoms with Gasteiger partial charge in [-0.3, -0.25) is 4.79 Å². The lowest BCUT2D eigenvalue weighted by atomic mass is 9.86. The highest BCUT2D eigenvalue weighted by Crippen LogP contribution is 2.33. The van der Waals surface area contributed by atoms with E-state index in [9.17, 15) is 31.5 Å². The molecule has 0 spiro atoms. The molecule has 4 N–H and O–H groups in total. The van der Waals surface area contributed by atoms with Crippen LogP contribution in [-0.2, 0) is 33.0 Å². The van der Waals surface area contributed by atoms with Crippen LogP contribution in [0.15, 0.2) is 36.4 Å². The molecule has 13 heteroatoms. The zero-order valence-electron chi connectivity index (χ0n) is 24.1. The SMILES string of the molecule is CCNCC(=O)Nc1c(F)cc(C[C@@H]2CS(=O)(=O)C[C@H](NCc3cccc(C(C)(C)C)c3)[C@H]2O)cc1OCC(F)(F)F. The van der Waals surface area contributed by atoms with Crippen LogP contribution in [0.2, 0.25) is 0 Å². The van der Waals surface area contributed by atoms with Gasteiger partial charge in [-0.05, 0) is 47.2 Å². The van der Waals surface area contributed by atoms with Crippen LogP contribution in [-0.4, -0.2) is 69.0 Å². The van der Waals surface area contributed by atoms with Gasteiger partial charge in [-0.2, -0.15) is 13.2 Å². The fourth-order valence-electron chi connectivity index (χ4n) is 4.82. The Morgan fingerprint density at radius 2 is 1.81 bits per heavy atom. The Morgan fingerprint density at radius 1 is 1.10 bits per heavy atom. The Labute approximate surface area is 244 Å². The fourth-order valence-corrected chi connectivity index (χ4v) is 6.79. The number of aliphatic hydroxyl groups excluding tert-OH is 1. The molecule has 1 saturated heterocycles. The molecule has 1 amide bonds. The van der Waals surface area contributed by atoms with E-state index in [-0.39, 0.29) is 35.4 Å². The summed E-state index contributed by atoms with van der Waals surface area (Å²) in [6.45, 7) is 6.80. The zero-order chi connectivity index (χ0) is 31.3. The molecular weight excluding hydrogens is 578 g/mol.